The molecule has 238 valence electrons. The summed E-state index contributed by atoms with van der Waals surface area (Å²) in [6.07, 6.45) is 1.89. The van der Waals surface area contributed by atoms with Gasteiger partial charge in [-0.05, 0) is 80.1 Å². The van der Waals surface area contributed by atoms with Gasteiger partial charge in [-0.25, -0.2) is 13.6 Å². The van der Waals surface area contributed by atoms with Crippen LogP contribution in [0, 0.1) is 11.6 Å². The number of methoxy groups -OCH3 is 2. The largest absolute Gasteiger partial charge is 0.468 e. The van der Waals surface area contributed by atoms with Crippen LogP contribution in [0.4, 0.5) is 19.4 Å². The Morgan fingerprint density at radius 1 is 1.04 bits per heavy atom. The Bertz CT molecular complexity index is 1780. The van der Waals surface area contributed by atoms with E-state index in [1.807, 2.05) is 56.9 Å². The molecule has 1 aromatic heterocycles. The molecule has 11 heteroatoms. The summed E-state index contributed by atoms with van der Waals surface area (Å²) in [6.45, 7) is 8.35. The third kappa shape index (κ3) is 5.69. The monoisotopic (exact) mass is 620 g/mol. The van der Waals surface area contributed by atoms with Gasteiger partial charge < -0.3 is 28.7 Å². The predicted octanol–water partition coefficient (Wildman–Crippen LogP) is 6.87. The number of halogens is 2. The number of piperazine rings is 1. The fourth-order valence-electron chi connectivity index (χ4n) is 6.53. The van der Waals surface area contributed by atoms with Crippen molar-refractivity contribution in [3.05, 3.63) is 53.6 Å². The minimum atomic E-state index is -0.819. The van der Waals surface area contributed by atoms with Gasteiger partial charge in [0, 0.05) is 31.6 Å². The van der Waals surface area contributed by atoms with Crippen molar-refractivity contribution in [1.29, 1.82) is 0 Å². The third-order valence-corrected chi connectivity index (χ3v) is 8.48. The summed E-state index contributed by atoms with van der Waals surface area (Å²) >= 11 is 0. The number of aryl methyl sites for hydroxylation is 1. The zero-order valence-electron chi connectivity index (χ0n) is 26.4. The number of hydrogen-bond acceptors (Lipinski definition) is 8. The lowest BCUT2D eigenvalue weighted by atomic mass is 9.90. The highest BCUT2D eigenvalue weighted by atomic mass is 19.1. The van der Waals surface area contributed by atoms with E-state index in [4.69, 9.17) is 18.9 Å². The standard InChI is InChI=1S/C34H38F2N4O5/c1-7-19-9-8-10-20-13-23(44-18-42-5)14-24(27(19)20)28-26(35)15-25-30(29(28)36)37-32(43-6)38-31(25)39-16-22-12-11-21(39)17-40(22)33(41)45-34(2,3)4/h8-10,13-15,21-22H,7,11-12,16-18H2,1-6H3. The smallest absolute Gasteiger partial charge is 0.410 e. The van der Waals surface area contributed by atoms with Crippen LogP contribution >= 0.6 is 0 Å². The van der Waals surface area contributed by atoms with E-state index in [9.17, 15) is 4.79 Å². The SMILES string of the molecule is CCc1cccc2cc(OCOC)cc(-c3c(F)cc4c(N5CC6CCC5CN6C(=O)OC(C)(C)C)nc(OC)nc4c3F)c12. The molecule has 4 heterocycles. The molecular formula is C34H38F2N4O5. The third-order valence-electron chi connectivity index (χ3n) is 8.48. The lowest BCUT2D eigenvalue weighted by Gasteiger charge is -2.51. The molecule has 9 nitrogen and oxygen atoms in total. The van der Waals surface area contributed by atoms with E-state index in [1.165, 1.54) is 20.3 Å². The fraction of sp³-hybridized carbons (Fsp3) is 0.441. The van der Waals surface area contributed by atoms with E-state index in [0.717, 1.165) is 29.2 Å². The van der Waals surface area contributed by atoms with Gasteiger partial charge in [0.05, 0.1) is 18.7 Å². The summed E-state index contributed by atoms with van der Waals surface area (Å²) in [5, 5.41) is 1.76. The Hall–Kier alpha value is -4.25. The van der Waals surface area contributed by atoms with Gasteiger partial charge in [0.2, 0.25) is 0 Å². The maximum absolute atomic E-state index is 16.8. The zero-order chi connectivity index (χ0) is 32.0. The highest BCUT2D eigenvalue weighted by molar-refractivity contribution is 6.03. The van der Waals surface area contributed by atoms with Crippen LogP contribution in [0.5, 0.6) is 11.8 Å². The molecule has 0 aliphatic carbocycles. The van der Waals surface area contributed by atoms with Crippen molar-refractivity contribution in [2.24, 2.45) is 0 Å². The number of anilines is 1. The molecular weight excluding hydrogens is 582 g/mol. The maximum atomic E-state index is 16.8. The Kier molecular flexibility index (Phi) is 8.15. The van der Waals surface area contributed by atoms with Gasteiger partial charge in [-0.2, -0.15) is 9.97 Å². The number of carbonyl (C=O) groups excluding carboxylic acids is 1. The van der Waals surface area contributed by atoms with Crippen molar-refractivity contribution in [3.8, 4) is 22.9 Å². The van der Waals surface area contributed by atoms with Gasteiger partial charge in [0.1, 0.15) is 28.5 Å². The van der Waals surface area contributed by atoms with E-state index >= 15 is 8.78 Å². The van der Waals surface area contributed by atoms with Crippen LogP contribution in [0.2, 0.25) is 0 Å². The second-order valence-electron chi connectivity index (χ2n) is 12.5. The average molecular weight is 621 g/mol. The van der Waals surface area contributed by atoms with Crippen LogP contribution in [0.25, 0.3) is 32.8 Å². The first-order chi connectivity index (χ1) is 21.5. The molecule has 3 saturated heterocycles. The number of hydrogen-bond donors (Lipinski definition) is 0. The number of amides is 1. The summed E-state index contributed by atoms with van der Waals surface area (Å²) in [7, 11) is 2.92. The Morgan fingerprint density at radius 2 is 1.82 bits per heavy atom. The topological polar surface area (TPSA) is 86.3 Å². The van der Waals surface area contributed by atoms with Crippen LogP contribution in [0.3, 0.4) is 0 Å². The van der Waals surface area contributed by atoms with Crippen LogP contribution < -0.4 is 14.4 Å². The van der Waals surface area contributed by atoms with E-state index in [1.54, 1.807) is 11.0 Å². The first-order valence-corrected chi connectivity index (χ1v) is 15.2. The van der Waals surface area contributed by atoms with Gasteiger partial charge in [-0.3, -0.25) is 0 Å². The lowest BCUT2D eigenvalue weighted by molar-refractivity contribution is 0.000799. The molecule has 0 spiro atoms. The first-order valence-electron chi connectivity index (χ1n) is 15.2. The molecule has 3 aromatic carbocycles. The molecule has 3 aliphatic rings. The van der Waals surface area contributed by atoms with Crippen molar-refractivity contribution in [2.45, 2.75) is 64.6 Å². The van der Waals surface area contributed by atoms with Gasteiger partial charge in [-0.15, -0.1) is 0 Å². The molecule has 3 fully saturated rings. The van der Waals surface area contributed by atoms with Crippen LogP contribution in [-0.2, 0) is 15.9 Å². The molecule has 7 rings (SSSR count). The molecule has 1 amide bonds. The van der Waals surface area contributed by atoms with Gasteiger partial charge in [0.15, 0.2) is 12.6 Å². The molecule has 3 aliphatic heterocycles. The van der Waals surface area contributed by atoms with E-state index < -0.39 is 17.2 Å². The highest BCUT2D eigenvalue weighted by Gasteiger charge is 2.44. The minimum absolute atomic E-state index is 0.0156. The highest BCUT2D eigenvalue weighted by Crippen LogP contribution is 2.43. The second kappa shape index (κ2) is 11.9. The fourth-order valence-corrected chi connectivity index (χ4v) is 6.53. The maximum Gasteiger partial charge on any atom is 0.410 e. The van der Waals surface area contributed by atoms with Crippen LogP contribution in [0.1, 0.15) is 46.1 Å². The van der Waals surface area contributed by atoms with Gasteiger partial charge >= 0.3 is 12.1 Å². The van der Waals surface area contributed by atoms with Crippen LogP contribution in [0.15, 0.2) is 36.4 Å². The molecule has 45 heavy (non-hydrogen) atoms. The van der Waals surface area contributed by atoms with Crippen molar-refractivity contribution < 1.29 is 32.5 Å². The summed E-state index contributed by atoms with van der Waals surface area (Å²) in [4.78, 5) is 25.7. The number of piperidine rings is 2. The molecule has 2 unspecified atom stereocenters. The van der Waals surface area contributed by atoms with Crippen molar-refractivity contribution in [1.82, 2.24) is 14.9 Å². The van der Waals surface area contributed by atoms with Crippen LogP contribution in [-0.4, -0.2) is 72.7 Å². The number of fused-ring (bicyclic) bond motifs is 5. The number of aromatic nitrogens is 2. The normalized spacial score (nSPS) is 18.1. The van der Waals surface area contributed by atoms with Gasteiger partial charge in [0.25, 0.3) is 0 Å². The van der Waals surface area contributed by atoms with Crippen molar-refractivity contribution in [3.63, 3.8) is 0 Å². The number of carbonyl (C=O) groups is 1. The number of ether oxygens (including phenoxy) is 4. The van der Waals surface area contributed by atoms with E-state index in [-0.39, 0.29) is 47.4 Å². The molecule has 2 atom stereocenters. The molecule has 0 N–H and O–H groups in total. The number of nitrogens with zero attached hydrogens (tertiary/aromatic N) is 4. The molecule has 2 bridgehead atoms. The molecule has 4 aromatic rings. The van der Waals surface area contributed by atoms with E-state index in [0.29, 0.717) is 36.6 Å². The second-order valence-corrected chi connectivity index (χ2v) is 12.5. The van der Waals surface area contributed by atoms with E-state index in [2.05, 4.69) is 9.97 Å². The Morgan fingerprint density at radius 3 is 2.49 bits per heavy atom. The minimum Gasteiger partial charge on any atom is -0.468 e. The first kappa shape index (κ1) is 30.8. The van der Waals surface area contributed by atoms with Crippen molar-refractivity contribution >= 4 is 33.6 Å². The van der Waals surface area contributed by atoms with Crippen molar-refractivity contribution in [2.75, 3.05) is 39.0 Å². The Labute approximate surface area is 261 Å². The Balaban J connectivity index is 1.48. The average Bonchev–Trinajstić information content (AvgIpc) is 3.02. The predicted molar refractivity (Wildman–Crippen MR) is 168 cm³/mol. The summed E-state index contributed by atoms with van der Waals surface area (Å²) in [5.41, 5.74) is 0.426. The summed E-state index contributed by atoms with van der Waals surface area (Å²) < 4.78 is 55.0. The molecule has 0 saturated carbocycles. The summed E-state index contributed by atoms with van der Waals surface area (Å²) in [5.74, 6) is -0.772. The quantitative estimate of drug-likeness (QED) is 0.207. The molecule has 0 radical (unpaired) electrons. The summed E-state index contributed by atoms with van der Waals surface area (Å²) in [6, 6.07) is 10.3. The van der Waals surface area contributed by atoms with Gasteiger partial charge in [-0.1, -0.05) is 25.1 Å². The number of benzene rings is 3. The lowest BCUT2D eigenvalue weighted by Crippen LogP contribution is -2.64. The zero-order valence-corrected chi connectivity index (χ0v) is 26.4. The number of rotatable bonds is 7.